The summed E-state index contributed by atoms with van der Waals surface area (Å²) in [5, 5.41) is 3.59. The molecule has 122 valence electrons. The van der Waals surface area contributed by atoms with Crippen molar-refractivity contribution in [2.75, 3.05) is 39.3 Å². The second kappa shape index (κ2) is 8.74. The first kappa shape index (κ1) is 16.8. The summed E-state index contributed by atoms with van der Waals surface area (Å²) in [7, 11) is 0. The number of hydrogen-bond donors (Lipinski definition) is 1. The number of amides is 1. The molecule has 0 aliphatic carbocycles. The predicted octanol–water partition coefficient (Wildman–Crippen LogP) is 2.10. The summed E-state index contributed by atoms with van der Waals surface area (Å²) in [4.78, 5) is 16.6. The van der Waals surface area contributed by atoms with Crippen molar-refractivity contribution in [3.63, 3.8) is 0 Å². The van der Waals surface area contributed by atoms with Crippen LogP contribution in [0, 0.1) is 5.92 Å². The highest BCUT2D eigenvalue weighted by Crippen LogP contribution is 2.20. The van der Waals surface area contributed by atoms with Crippen molar-refractivity contribution >= 4 is 5.91 Å². The topological polar surface area (TPSA) is 35.6 Å². The standard InChI is InChI=1S/C17H33N3O/c1-3-10-19-13-7-16(8-14-19)15(2)18-9-6-17(21)20-11-4-5-12-20/h15-16,18H,3-14H2,1-2H3. The lowest BCUT2D eigenvalue weighted by Crippen LogP contribution is -2.43. The van der Waals surface area contributed by atoms with Crippen molar-refractivity contribution in [1.29, 1.82) is 0 Å². The molecule has 1 N–H and O–H groups in total. The lowest BCUT2D eigenvalue weighted by Gasteiger charge is -2.35. The molecule has 0 aromatic carbocycles. The van der Waals surface area contributed by atoms with Gasteiger partial charge in [-0.3, -0.25) is 4.79 Å². The summed E-state index contributed by atoms with van der Waals surface area (Å²) in [5.74, 6) is 1.12. The van der Waals surface area contributed by atoms with E-state index in [-0.39, 0.29) is 0 Å². The van der Waals surface area contributed by atoms with Crippen molar-refractivity contribution in [3.05, 3.63) is 0 Å². The maximum atomic E-state index is 12.0. The summed E-state index contributed by atoms with van der Waals surface area (Å²) in [6, 6.07) is 0.542. The van der Waals surface area contributed by atoms with Gasteiger partial charge < -0.3 is 15.1 Å². The molecule has 0 saturated carbocycles. The van der Waals surface area contributed by atoms with Gasteiger partial charge in [-0.25, -0.2) is 0 Å². The first-order valence-corrected chi connectivity index (χ1v) is 8.94. The zero-order valence-corrected chi connectivity index (χ0v) is 13.9. The fraction of sp³-hybridized carbons (Fsp3) is 0.941. The number of hydrogen-bond acceptors (Lipinski definition) is 3. The molecule has 21 heavy (non-hydrogen) atoms. The Labute approximate surface area is 130 Å². The van der Waals surface area contributed by atoms with Crippen LogP contribution in [-0.2, 0) is 4.79 Å². The first-order valence-electron chi connectivity index (χ1n) is 8.94. The van der Waals surface area contributed by atoms with E-state index >= 15 is 0 Å². The van der Waals surface area contributed by atoms with Gasteiger partial charge >= 0.3 is 0 Å². The molecular weight excluding hydrogens is 262 g/mol. The average Bonchev–Trinajstić information content (AvgIpc) is 3.02. The first-order chi connectivity index (χ1) is 10.2. The van der Waals surface area contributed by atoms with E-state index in [1.165, 1.54) is 51.7 Å². The van der Waals surface area contributed by atoms with Gasteiger partial charge in [0.25, 0.3) is 0 Å². The van der Waals surface area contributed by atoms with Gasteiger partial charge in [0, 0.05) is 32.1 Å². The maximum Gasteiger partial charge on any atom is 0.223 e. The second-order valence-corrected chi connectivity index (χ2v) is 6.76. The minimum Gasteiger partial charge on any atom is -0.343 e. The fourth-order valence-corrected chi connectivity index (χ4v) is 3.69. The Hall–Kier alpha value is -0.610. The second-order valence-electron chi connectivity index (χ2n) is 6.76. The van der Waals surface area contributed by atoms with E-state index < -0.39 is 0 Å². The molecule has 0 bridgehead atoms. The number of piperidine rings is 1. The summed E-state index contributed by atoms with van der Waals surface area (Å²) < 4.78 is 0. The van der Waals surface area contributed by atoms with Crippen molar-refractivity contribution in [2.24, 2.45) is 5.92 Å². The zero-order chi connectivity index (χ0) is 15.1. The third-order valence-electron chi connectivity index (χ3n) is 5.14. The molecule has 0 aromatic rings. The van der Waals surface area contributed by atoms with Crippen LogP contribution in [0.4, 0.5) is 0 Å². The molecule has 2 saturated heterocycles. The average molecular weight is 295 g/mol. The Morgan fingerprint density at radius 1 is 1.19 bits per heavy atom. The predicted molar refractivity (Wildman–Crippen MR) is 87.4 cm³/mol. The van der Waals surface area contributed by atoms with Gasteiger partial charge in [0.1, 0.15) is 0 Å². The van der Waals surface area contributed by atoms with Gasteiger partial charge in [-0.2, -0.15) is 0 Å². The molecule has 2 rings (SSSR count). The molecule has 0 aromatic heterocycles. The van der Waals surface area contributed by atoms with E-state index in [4.69, 9.17) is 0 Å². The highest BCUT2D eigenvalue weighted by molar-refractivity contribution is 5.76. The van der Waals surface area contributed by atoms with E-state index in [0.717, 1.165) is 25.6 Å². The molecule has 2 aliphatic heterocycles. The van der Waals surface area contributed by atoms with E-state index in [2.05, 4.69) is 24.1 Å². The highest BCUT2D eigenvalue weighted by Gasteiger charge is 2.23. The Bertz CT molecular complexity index is 307. The van der Waals surface area contributed by atoms with Crippen molar-refractivity contribution < 1.29 is 4.79 Å². The Morgan fingerprint density at radius 2 is 1.86 bits per heavy atom. The number of likely N-dealkylation sites (tertiary alicyclic amines) is 2. The zero-order valence-electron chi connectivity index (χ0n) is 13.9. The molecule has 1 amide bonds. The summed E-state index contributed by atoms with van der Waals surface area (Å²) >= 11 is 0. The highest BCUT2D eigenvalue weighted by atomic mass is 16.2. The normalized spacial score (nSPS) is 22.7. The molecule has 4 heteroatoms. The van der Waals surface area contributed by atoms with Gasteiger partial charge in [0.2, 0.25) is 5.91 Å². The van der Waals surface area contributed by atoms with E-state index in [1.807, 2.05) is 4.90 Å². The number of nitrogens with one attached hydrogen (secondary N) is 1. The smallest absolute Gasteiger partial charge is 0.223 e. The van der Waals surface area contributed by atoms with Crippen LogP contribution in [0.15, 0.2) is 0 Å². The van der Waals surface area contributed by atoms with Crippen molar-refractivity contribution in [3.8, 4) is 0 Å². The monoisotopic (exact) mass is 295 g/mol. The largest absolute Gasteiger partial charge is 0.343 e. The van der Waals surface area contributed by atoms with Gasteiger partial charge in [-0.05, 0) is 64.6 Å². The van der Waals surface area contributed by atoms with Crippen LogP contribution in [0.3, 0.4) is 0 Å². The summed E-state index contributed by atoms with van der Waals surface area (Å²) in [6.45, 7) is 11.1. The third-order valence-corrected chi connectivity index (χ3v) is 5.14. The quantitative estimate of drug-likeness (QED) is 0.781. The van der Waals surface area contributed by atoms with E-state index in [9.17, 15) is 4.79 Å². The van der Waals surface area contributed by atoms with Crippen LogP contribution in [0.1, 0.15) is 52.4 Å². The number of carbonyl (C=O) groups is 1. The van der Waals surface area contributed by atoms with Crippen LogP contribution in [-0.4, -0.2) is 61.0 Å². The minimum atomic E-state index is 0.338. The van der Waals surface area contributed by atoms with Gasteiger partial charge in [0.05, 0.1) is 0 Å². The van der Waals surface area contributed by atoms with Gasteiger partial charge in [-0.1, -0.05) is 6.92 Å². The van der Waals surface area contributed by atoms with E-state index in [1.54, 1.807) is 0 Å². The molecular formula is C17H33N3O. The lowest BCUT2D eigenvalue weighted by atomic mass is 9.90. The molecule has 2 fully saturated rings. The van der Waals surface area contributed by atoms with Crippen LogP contribution < -0.4 is 5.32 Å². The van der Waals surface area contributed by atoms with Crippen LogP contribution in [0.5, 0.6) is 0 Å². The number of carbonyl (C=O) groups excluding carboxylic acids is 1. The third kappa shape index (κ3) is 5.26. The maximum absolute atomic E-state index is 12.0. The number of nitrogens with zero attached hydrogens (tertiary/aromatic N) is 2. The van der Waals surface area contributed by atoms with Crippen LogP contribution >= 0.6 is 0 Å². The molecule has 0 radical (unpaired) electrons. The fourth-order valence-electron chi connectivity index (χ4n) is 3.69. The molecule has 4 nitrogen and oxygen atoms in total. The molecule has 1 atom stereocenters. The molecule has 0 spiro atoms. The number of rotatable bonds is 7. The Balaban J connectivity index is 1.59. The summed E-state index contributed by atoms with van der Waals surface area (Å²) in [5.41, 5.74) is 0. The Kier molecular flexibility index (Phi) is 6.97. The van der Waals surface area contributed by atoms with Crippen LogP contribution in [0.2, 0.25) is 0 Å². The lowest BCUT2D eigenvalue weighted by molar-refractivity contribution is -0.130. The summed E-state index contributed by atoms with van der Waals surface area (Å²) in [6.07, 6.45) is 6.90. The molecule has 2 heterocycles. The van der Waals surface area contributed by atoms with Crippen LogP contribution in [0.25, 0.3) is 0 Å². The van der Waals surface area contributed by atoms with Crippen molar-refractivity contribution in [2.45, 2.75) is 58.4 Å². The molecule has 1 unspecified atom stereocenters. The minimum absolute atomic E-state index is 0.338. The van der Waals surface area contributed by atoms with Gasteiger partial charge in [-0.15, -0.1) is 0 Å². The van der Waals surface area contributed by atoms with Crippen molar-refractivity contribution in [1.82, 2.24) is 15.1 Å². The molecule has 2 aliphatic rings. The van der Waals surface area contributed by atoms with Gasteiger partial charge in [0.15, 0.2) is 0 Å². The Morgan fingerprint density at radius 3 is 2.48 bits per heavy atom. The van der Waals surface area contributed by atoms with E-state index in [0.29, 0.717) is 18.4 Å². The SMILES string of the molecule is CCCN1CCC(C(C)NCCC(=O)N2CCCC2)CC1.